The van der Waals surface area contributed by atoms with Crippen LogP contribution in [0.3, 0.4) is 0 Å². The summed E-state index contributed by atoms with van der Waals surface area (Å²) in [6, 6.07) is 11.9. The van der Waals surface area contributed by atoms with Crippen LogP contribution in [-0.2, 0) is 0 Å². The van der Waals surface area contributed by atoms with Crippen molar-refractivity contribution in [3.05, 3.63) is 53.3 Å². The number of benzene rings is 1. The Kier molecular flexibility index (Phi) is 2.80. The maximum atomic E-state index is 5.31. The lowest BCUT2D eigenvalue weighted by Crippen LogP contribution is -1.88. The number of pyridine rings is 1. The number of hydrogen-bond donors (Lipinski definition) is 0. The Balaban J connectivity index is 2.23. The van der Waals surface area contributed by atoms with Crippen LogP contribution in [0.25, 0.3) is 16.9 Å². The van der Waals surface area contributed by atoms with Gasteiger partial charge in [-0.2, -0.15) is 0 Å². The van der Waals surface area contributed by atoms with E-state index in [1.807, 2.05) is 53.2 Å². The van der Waals surface area contributed by atoms with Crippen LogP contribution in [0.1, 0.15) is 0 Å². The van der Waals surface area contributed by atoms with Crippen molar-refractivity contribution in [1.82, 2.24) is 9.38 Å². The van der Waals surface area contributed by atoms with Gasteiger partial charge >= 0.3 is 0 Å². The zero-order valence-electron chi connectivity index (χ0n) is 9.80. The quantitative estimate of drug-likeness (QED) is 0.720. The molecule has 90 valence electrons. The standard InChI is InChI=1S/C14H11BrN2O/c1-18-13-7-4-8-17-9-12(16-14(13)17)10-5-2-3-6-11(10)15/h2-9H,1H3. The van der Waals surface area contributed by atoms with E-state index in [1.165, 1.54) is 0 Å². The molecule has 2 aromatic heterocycles. The topological polar surface area (TPSA) is 26.5 Å². The summed E-state index contributed by atoms with van der Waals surface area (Å²) in [7, 11) is 1.65. The van der Waals surface area contributed by atoms with Gasteiger partial charge in [-0.25, -0.2) is 4.98 Å². The molecule has 0 amide bonds. The van der Waals surface area contributed by atoms with Gasteiger partial charge in [0.25, 0.3) is 0 Å². The number of imidazole rings is 1. The van der Waals surface area contributed by atoms with Crippen molar-refractivity contribution in [3.63, 3.8) is 0 Å². The second-order valence-electron chi connectivity index (χ2n) is 3.91. The summed E-state index contributed by atoms with van der Waals surface area (Å²) < 4.78 is 8.31. The molecular formula is C14H11BrN2O. The molecule has 0 N–H and O–H groups in total. The predicted octanol–water partition coefficient (Wildman–Crippen LogP) is 3.77. The number of halogens is 1. The third-order valence-electron chi connectivity index (χ3n) is 2.82. The van der Waals surface area contributed by atoms with E-state index in [0.29, 0.717) is 0 Å². The number of nitrogens with zero attached hydrogens (tertiary/aromatic N) is 2. The summed E-state index contributed by atoms with van der Waals surface area (Å²) in [6.07, 6.45) is 3.96. The van der Waals surface area contributed by atoms with Crippen LogP contribution in [0.4, 0.5) is 0 Å². The van der Waals surface area contributed by atoms with Gasteiger partial charge in [-0.3, -0.25) is 0 Å². The van der Waals surface area contributed by atoms with E-state index in [4.69, 9.17) is 4.74 Å². The van der Waals surface area contributed by atoms with Gasteiger partial charge in [0, 0.05) is 22.4 Å². The number of aromatic nitrogens is 2. The number of hydrogen-bond acceptors (Lipinski definition) is 2. The zero-order chi connectivity index (χ0) is 12.5. The Labute approximate surface area is 113 Å². The zero-order valence-corrected chi connectivity index (χ0v) is 11.4. The van der Waals surface area contributed by atoms with E-state index in [9.17, 15) is 0 Å². The third kappa shape index (κ3) is 1.78. The molecule has 0 bridgehead atoms. The third-order valence-corrected chi connectivity index (χ3v) is 3.51. The van der Waals surface area contributed by atoms with Crippen LogP contribution in [0, 0.1) is 0 Å². The molecule has 3 rings (SSSR count). The molecule has 0 aliphatic rings. The van der Waals surface area contributed by atoms with E-state index >= 15 is 0 Å². The maximum absolute atomic E-state index is 5.31. The number of ether oxygens (including phenoxy) is 1. The molecule has 0 saturated heterocycles. The van der Waals surface area contributed by atoms with Crippen molar-refractivity contribution in [2.24, 2.45) is 0 Å². The van der Waals surface area contributed by atoms with Crippen LogP contribution in [0.2, 0.25) is 0 Å². The highest BCUT2D eigenvalue weighted by Gasteiger charge is 2.09. The SMILES string of the molecule is COc1cccn2cc(-c3ccccc3Br)nc12. The second-order valence-corrected chi connectivity index (χ2v) is 4.77. The fourth-order valence-corrected chi connectivity index (χ4v) is 2.43. The summed E-state index contributed by atoms with van der Waals surface area (Å²) in [5, 5.41) is 0. The average molecular weight is 303 g/mol. The number of rotatable bonds is 2. The number of fused-ring (bicyclic) bond motifs is 1. The molecule has 0 aliphatic carbocycles. The fraction of sp³-hybridized carbons (Fsp3) is 0.0714. The van der Waals surface area contributed by atoms with Crippen molar-refractivity contribution >= 4 is 21.6 Å². The Morgan fingerprint density at radius 1 is 1.17 bits per heavy atom. The van der Waals surface area contributed by atoms with E-state index < -0.39 is 0 Å². The Morgan fingerprint density at radius 2 is 2.00 bits per heavy atom. The van der Waals surface area contributed by atoms with Gasteiger partial charge in [0.2, 0.25) is 0 Å². The first-order chi connectivity index (χ1) is 8.79. The van der Waals surface area contributed by atoms with E-state index in [-0.39, 0.29) is 0 Å². The molecule has 2 heterocycles. The van der Waals surface area contributed by atoms with Gasteiger partial charge in [0.15, 0.2) is 11.4 Å². The molecular weight excluding hydrogens is 292 g/mol. The molecule has 0 atom stereocenters. The maximum Gasteiger partial charge on any atom is 0.180 e. The second kappa shape index (κ2) is 4.46. The Hall–Kier alpha value is -1.81. The normalized spacial score (nSPS) is 10.8. The summed E-state index contributed by atoms with van der Waals surface area (Å²) in [5.74, 6) is 0.774. The fourth-order valence-electron chi connectivity index (χ4n) is 1.95. The lowest BCUT2D eigenvalue weighted by Gasteiger charge is -1.99. The van der Waals surface area contributed by atoms with Gasteiger partial charge in [0.05, 0.1) is 12.8 Å². The monoisotopic (exact) mass is 302 g/mol. The van der Waals surface area contributed by atoms with Crippen molar-refractivity contribution in [2.45, 2.75) is 0 Å². The van der Waals surface area contributed by atoms with Gasteiger partial charge < -0.3 is 9.14 Å². The molecule has 1 aromatic carbocycles. The summed E-state index contributed by atoms with van der Waals surface area (Å²) in [5.41, 5.74) is 2.82. The number of methoxy groups -OCH3 is 1. The van der Waals surface area contributed by atoms with Gasteiger partial charge in [-0.05, 0) is 18.2 Å². The highest BCUT2D eigenvalue weighted by molar-refractivity contribution is 9.10. The minimum absolute atomic E-state index is 0.774. The highest BCUT2D eigenvalue weighted by atomic mass is 79.9. The van der Waals surface area contributed by atoms with E-state index in [2.05, 4.69) is 20.9 Å². The van der Waals surface area contributed by atoms with Gasteiger partial charge in [-0.15, -0.1) is 0 Å². The minimum atomic E-state index is 0.774. The van der Waals surface area contributed by atoms with Crippen LogP contribution in [0.5, 0.6) is 5.75 Å². The Morgan fingerprint density at radius 3 is 2.78 bits per heavy atom. The first-order valence-corrected chi connectivity index (χ1v) is 6.35. The largest absolute Gasteiger partial charge is 0.493 e. The lowest BCUT2D eigenvalue weighted by atomic mass is 10.2. The van der Waals surface area contributed by atoms with Crippen molar-refractivity contribution in [2.75, 3.05) is 7.11 Å². The smallest absolute Gasteiger partial charge is 0.180 e. The van der Waals surface area contributed by atoms with Crippen molar-refractivity contribution < 1.29 is 4.74 Å². The van der Waals surface area contributed by atoms with Gasteiger partial charge in [0.1, 0.15) is 0 Å². The molecule has 0 spiro atoms. The van der Waals surface area contributed by atoms with Crippen LogP contribution < -0.4 is 4.74 Å². The first-order valence-electron chi connectivity index (χ1n) is 5.56. The van der Waals surface area contributed by atoms with E-state index in [1.54, 1.807) is 7.11 Å². The van der Waals surface area contributed by atoms with Gasteiger partial charge in [-0.1, -0.05) is 34.1 Å². The van der Waals surface area contributed by atoms with Crippen LogP contribution >= 0.6 is 15.9 Å². The van der Waals surface area contributed by atoms with Crippen LogP contribution in [-0.4, -0.2) is 16.5 Å². The lowest BCUT2D eigenvalue weighted by molar-refractivity contribution is 0.417. The Bertz CT molecular complexity index is 706. The predicted molar refractivity (Wildman–Crippen MR) is 74.9 cm³/mol. The molecule has 4 heteroatoms. The average Bonchev–Trinajstić information content (AvgIpc) is 2.82. The van der Waals surface area contributed by atoms with Crippen molar-refractivity contribution in [3.8, 4) is 17.0 Å². The molecule has 18 heavy (non-hydrogen) atoms. The minimum Gasteiger partial charge on any atom is -0.493 e. The molecule has 0 radical (unpaired) electrons. The van der Waals surface area contributed by atoms with Crippen LogP contribution in [0.15, 0.2) is 53.3 Å². The highest BCUT2D eigenvalue weighted by Crippen LogP contribution is 2.29. The first kappa shape index (κ1) is 11.3. The summed E-state index contributed by atoms with van der Waals surface area (Å²) in [6.45, 7) is 0. The summed E-state index contributed by atoms with van der Waals surface area (Å²) >= 11 is 3.55. The molecule has 0 saturated carbocycles. The molecule has 3 nitrogen and oxygen atoms in total. The summed E-state index contributed by atoms with van der Waals surface area (Å²) in [4.78, 5) is 4.62. The molecule has 3 aromatic rings. The van der Waals surface area contributed by atoms with Crippen molar-refractivity contribution in [1.29, 1.82) is 0 Å². The molecule has 0 aliphatic heterocycles. The van der Waals surface area contributed by atoms with E-state index in [0.717, 1.165) is 27.1 Å². The molecule has 0 unspecified atom stereocenters. The molecule has 0 fully saturated rings.